The molecule has 1 fully saturated rings. The predicted molar refractivity (Wildman–Crippen MR) is 107 cm³/mol. The lowest BCUT2D eigenvalue weighted by Crippen LogP contribution is -2.46. The zero-order valence-electron chi connectivity index (χ0n) is 16.4. The van der Waals surface area contributed by atoms with Gasteiger partial charge in [-0.1, -0.05) is 47.9 Å². The Morgan fingerprint density at radius 1 is 1.15 bits per heavy atom. The quantitative estimate of drug-likeness (QED) is 0.802. The molecule has 1 aliphatic rings. The minimum Gasteiger partial charge on any atom is -0.494 e. The van der Waals surface area contributed by atoms with Crippen LogP contribution in [0.2, 0.25) is 0 Å². The third kappa shape index (κ3) is 4.51. The van der Waals surface area contributed by atoms with Crippen LogP contribution in [0.5, 0.6) is 5.75 Å². The van der Waals surface area contributed by atoms with Gasteiger partial charge >= 0.3 is 5.97 Å². The van der Waals surface area contributed by atoms with Gasteiger partial charge in [0.25, 0.3) is 0 Å². The van der Waals surface area contributed by atoms with Gasteiger partial charge in [-0.15, -0.1) is 0 Å². The van der Waals surface area contributed by atoms with Crippen LogP contribution in [0.4, 0.5) is 0 Å². The second kappa shape index (κ2) is 8.57. The van der Waals surface area contributed by atoms with Crippen LogP contribution in [0.15, 0.2) is 42.5 Å². The van der Waals surface area contributed by atoms with Gasteiger partial charge in [-0.25, -0.2) is 0 Å². The van der Waals surface area contributed by atoms with Crippen LogP contribution < -0.4 is 4.74 Å². The van der Waals surface area contributed by atoms with E-state index >= 15 is 0 Å². The number of benzene rings is 2. The summed E-state index contributed by atoms with van der Waals surface area (Å²) in [6, 6.07) is 14.0. The molecule has 1 saturated heterocycles. The number of hydrogen-bond acceptors (Lipinski definition) is 3. The van der Waals surface area contributed by atoms with Gasteiger partial charge in [0.1, 0.15) is 11.8 Å². The Hall–Kier alpha value is -2.33. The second-order valence-corrected chi connectivity index (χ2v) is 7.42. The van der Waals surface area contributed by atoms with Crippen molar-refractivity contribution in [2.75, 3.05) is 13.2 Å². The van der Waals surface area contributed by atoms with E-state index in [0.29, 0.717) is 13.0 Å². The van der Waals surface area contributed by atoms with E-state index in [4.69, 9.17) is 4.74 Å². The molecule has 2 atom stereocenters. The highest BCUT2D eigenvalue weighted by atomic mass is 16.5. The Bertz CT molecular complexity index is 782. The molecule has 1 heterocycles. The first kappa shape index (κ1) is 19.4. The number of carboxylic acid groups (broad SMARTS) is 1. The molecular weight excluding hydrogens is 338 g/mol. The Morgan fingerprint density at radius 3 is 2.56 bits per heavy atom. The standard InChI is InChI=1S/C23H29NO3/c1-4-27-20-9-7-8-18(15-20)22(19-13-16(2)12-17(3)14-19)24-11-6-5-10-21(24)23(25)26/h7-9,12-15,21-22H,4-6,10-11H2,1-3H3,(H,25,26). The molecule has 4 nitrogen and oxygen atoms in total. The molecule has 2 aromatic rings. The average Bonchev–Trinajstić information content (AvgIpc) is 2.62. The normalized spacial score (nSPS) is 18.9. The average molecular weight is 367 g/mol. The maximum absolute atomic E-state index is 12.0. The summed E-state index contributed by atoms with van der Waals surface area (Å²) >= 11 is 0. The van der Waals surface area contributed by atoms with Gasteiger partial charge in [0, 0.05) is 0 Å². The number of aliphatic carboxylic acids is 1. The third-order valence-electron chi connectivity index (χ3n) is 5.21. The topological polar surface area (TPSA) is 49.8 Å². The van der Waals surface area contributed by atoms with Crippen molar-refractivity contribution in [1.29, 1.82) is 0 Å². The van der Waals surface area contributed by atoms with Gasteiger partial charge in [0.15, 0.2) is 0 Å². The highest BCUT2D eigenvalue weighted by Gasteiger charge is 2.35. The lowest BCUT2D eigenvalue weighted by Gasteiger charge is -2.40. The number of likely N-dealkylation sites (tertiary alicyclic amines) is 1. The third-order valence-corrected chi connectivity index (χ3v) is 5.21. The van der Waals surface area contributed by atoms with Crippen molar-refractivity contribution in [1.82, 2.24) is 4.90 Å². The Labute approximate surface area is 161 Å². The summed E-state index contributed by atoms with van der Waals surface area (Å²) in [5, 5.41) is 9.83. The van der Waals surface area contributed by atoms with E-state index in [9.17, 15) is 9.90 Å². The Balaban J connectivity index is 2.11. The molecule has 2 unspecified atom stereocenters. The minimum atomic E-state index is -0.731. The smallest absolute Gasteiger partial charge is 0.320 e. The van der Waals surface area contributed by atoms with Crippen LogP contribution in [0.1, 0.15) is 54.5 Å². The number of aryl methyl sites for hydroxylation is 2. The number of piperidine rings is 1. The summed E-state index contributed by atoms with van der Waals surface area (Å²) in [6.45, 7) is 7.55. The summed E-state index contributed by atoms with van der Waals surface area (Å²) in [7, 11) is 0. The maximum Gasteiger partial charge on any atom is 0.320 e. The van der Waals surface area contributed by atoms with Crippen LogP contribution in [-0.2, 0) is 4.79 Å². The Morgan fingerprint density at radius 2 is 1.89 bits per heavy atom. The number of carbonyl (C=O) groups is 1. The molecule has 0 saturated carbocycles. The summed E-state index contributed by atoms with van der Waals surface area (Å²) in [5.74, 6) is 0.0956. The fourth-order valence-electron chi connectivity index (χ4n) is 4.21. The predicted octanol–water partition coefficient (Wildman–Crippen LogP) is 4.73. The first-order valence-electron chi connectivity index (χ1n) is 9.79. The number of rotatable bonds is 6. The van der Waals surface area contributed by atoms with Gasteiger partial charge in [0.2, 0.25) is 0 Å². The molecule has 4 heteroatoms. The molecule has 0 aromatic heterocycles. The summed E-state index contributed by atoms with van der Waals surface area (Å²) in [4.78, 5) is 14.1. The van der Waals surface area contributed by atoms with Crippen molar-refractivity contribution in [2.45, 2.75) is 52.1 Å². The Kier molecular flexibility index (Phi) is 6.17. The number of ether oxygens (including phenoxy) is 1. The zero-order chi connectivity index (χ0) is 19.4. The maximum atomic E-state index is 12.0. The molecule has 1 N–H and O–H groups in total. The number of nitrogens with zero attached hydrogens (tertiary/aromatic N) is 1. The van der Waals surface area contributed by atoms with Gasteiger partial charge in [0.05, 0.1) is 12.6 Å². The van der Waals surface area contributed by atoms with E-state index < -0.39 is 12.0 Å². The fourth-order valence-corrected chi connectivity index (χ4v) is 4.21. The molecule has 0 bridgehead atoms. The molecule has 2 aromatic carbocycles. The number of hydrogen-bond donors (Lipinski definition) is 1. The van der Waals surface area contributed by atoms with Gasteiger partial charge < -0.3 is 9.84 Å². The summed E-state index contributed by atoms with van der Waals surface area (Å²) in [5.41, 5.74) is 4.62. The highest BCUT2D eigenvalue weighted by Crippen LogP contribution is 2.36. The molecule has 3 rings (SSSR count). The van der Waals surface area contributed by atoms with Crippen LogP contribution >= 0.6 is 0 Å². The van der Waals surface area contributed by atoms with E-state index in [-0.39, 0.29) is 6.04 Å². The van der Waals surface area contributed by atoms with E-state index in [1.54, 1.807) is 0 Å². The molecule has 0 radical (unpaired) electrons. The van der Waals surface area contributed by atoms with Crippen LogP contribution in [0.3, 0.4) is 0 Å². The van der Waals surface area contributed by atoms with Gasteiger partial charge in [-0.3, -0.25) is 9.69 Å². The second-order valence-electron chi connectivity index (χ2n) is 7.42. The van der Waals surface area contributed by atoms with Gasteiger partial charge in [-0.05, 0) is 63.4 Å². The largest absolute Gasteiger partial charge is 0.494 e. The van der Waals surface area contributed by atoms with E-state index in [1.165, 1.54) is 11.1 Å². The lowest BCUT2D eigenvalue weighted by atomic mass is 9.90. The van der Waals surface area contributed by atoms with Crippen molar-refractivity contribution in [3.8, 4) is 5.75 Å². The molecule has 144 valence electrons. The van der Waals surface area contributed by atoms with Gasteiger partial charge in [-0.2, -0.15) is 0 Å². The molecular formula is C23H29NO3. The van der Waals surface area contributed by atoms with Crippen LogP contribution in [0, 0.1) is 13.8 Å². The van der Waals surface area contributed by atoms with Crippen molar-refractivity contribution in [2.24, 2.45) is 0 Å². The van der Waals surface area contributed by atoms with E-state index in [2.05, 4.69) is 49.1 Å². The monoisotopic (exact) mass is 367 g/mol. The first-order valence-corrected chi connectivity index (χ1v) is 9.79. The number of carboxylic acids is 1. The highest BCUT2D eigenvalue weighted by molar-refractivity contribution is 5.73. The molecule has 27 heavy (non-hydrogen) atoms. The summed E-state index contributed by atoms with van der Waals surface area (Å²) in [6.07, 6.45) is 2.68. The minimum absolute atomic E-state index is 0.0922. The van der Waals surface area contributed by atoms with E-state index in [1.807, 2.05) is 19.1 Å². The summed E-state index contributed by atoms with van der Waals surface area (Å²) < 4.78 is 5.71. The van der Waals surface area contributed by atoms with Crippen molar-refractivity contribution in [3.63, 3.8) is 0 Å². The fraction of sp³-hybridized carbons (Fsp3) is 0.435. The first-order chi connectivity index (χ1) is 13.0. The van der Waals surface area contributed by atoms with Crippen LogP contribution in [-0.4, -0.2) is 35.2 Å². The molecule has 1 aliphatic heterocycles. The lowest BCUT2D eigenvalue weighted by molar-refractivity contribution is -0.145. The van der Waals surface area contributed by atoms with Crippen molar-refractivity contribution >= 4 is 5.97 Å². The van der Waals surface area contributed by atoms with E-state index in [0.717, 1.165) is 36.3 Å². The SMILES string of the molecule is CCOc1cccc(C(c2cc(C)cc(C)c2)N2CCCCC2C(=O)O)c1. The molecule has 0 amide bonds. The van der Waals surface area contributed by atoms with Crippen LogP contribution in [0.25, 0.3) is 0 Å². The molecule has 0 aliphatic carbocycles. The van der Waals surface area contributed by atoms with Crippen molar-refractivity contribution < 1.29 is 14.6 Å². The molecule has 0 spiro atoms. The zero-order valence-corrected chi connectivity index (χ0v) is 16.4. The van der Waals surface area contributed by atoms with Crippen molar-refractivity contribution in [3.05, 3.63) is 64.7 Å².